The van der Waals surface area contributed by atoms with E-state index in [4.69, 9.17) is 15.4 Å². The number of carbonyl (C=O) groups is 1. The van der Waals surface area contributed by atoms with E-state index in [0.717, 1.165) is 0 Å². The Morgan fingerprint density at radius 1 is 1.41 bits per heavy atom. The van der Waals surface area contributed by atoms with Crippen molar-refractivity contribution in [3.05, 3.63) is 28.2 Å². The van der Waals surface area contributed by atoms with Crippen LogP contribution in [0.2, 0.25) is 0 Å². The Bertz CT molecular complexity index is 539. The lowest BCUT2D eigenvalue weighted by Crippen LogP contribution is -2.12. The zero-order valence-corrected chi connectivity index (χ0v) is 12.3. The molecule has 1 aromatic carbocycles. The summed E-state index contributed by atoms with van der Waals surface area (Å²) in [6.45, 7) is 3.41. The number of hydrogen-bond acceptors (Lipinski definition) is 4. The summed E-state index contributed by atoms with van der Waals surface area (Å²) in [6.07, 6.45) is -0.276. The minimum Gasteiger partial charge on any atom is -0.459 e. The summed E-state index contributed by atoms with van der Waals surface area (Å²) in [5.41, 5.74) is 0.140. The van der Waals surface area contributed by atoms with Crippen LogP contribution in [-0.4, -0.2) is 20.5 Å². The van der Waals surface area contributed by atoms with Gasteiger partial charge in [0.15, 0.2) is 0 Å². The van der Waals surface area contributed by atoms with Crippen molar-refractivity contribution in [1.82, 2.24) is 0 Å². The lowest BCUT2D eigenvalue weighted by molar-refractivity contribution is 0.0377. The van der Waals surface area contributed by atoms with Crippen LogP contribution in [0.15, 0.2) is 27.6 Å². The van der Waals surface area contributed by atoms with Crippen LogP contribution in [0.1, 0.15) is 24.2 Å². The van der Waals surface area contributed by atoms with Crippen molar-refractivity contribution in [2.75, 3.05) is 0 Å². The summed E-state index contributed by atoms with van der Waals surface area (Å²) in [5, 5.41) is 0. The smallest absolute Gasteiger partial charge is 0.338 e. The predicted molar refractivity (Wildman–Crippen MR) is 67.7 cm³/mol. The number of halogens is 2. The minimum atomic E-state index is -3.90. The van der Waals surface area contributed by atoms with E-state index in [9.17, 15) is 13.2 Å². The van der Waals surface area contributed by atoms with Crippen LogP contribution < -0.4 is 0 Å². The molecule has 0 aromatic heterocycles. The number of esters is 1. The molecule has 94 valence electrons. The zero-order chi connectivity index (χ0) is 13.2. The van der Waals surface area contributed by atoms with E-state index >= 15 is 0 Å². The summed E-state index contributed by atoms with van der Waals surface area (Å²) >= 11 is 3.05. The number of rotatable bonds is 3. The van der Waals surface area contributed by atoms with Crippen LogP contribution >= 0.6 is 26.6 Å². The van der Waals surface area contributed by atoms with E-state index in [1.165, 1.54) is 18.2 Å². The molecule has 0 saturated carbocycles. The highest BCUT2D eigenvalue weighted by atomic mass is 79.9. The predicted octanol–water partition coefficient (Wildman–Crippen LogP) is 2.94. The molecule has 0 saturated heterocycles. The molecule has 0 atom stereocenters. The van der Waals surface area contributed by atoms with Crippen molar-refractivity contribution in [2.45, 2.75) is 24.8 Å². The first-order valence-corrected chi connectivity index (χ1v) is 7.77. The summed E-state index contributed by atoms with van der Waals surface area (Å²) in [6, 6.07) is 4.07. The summed E-state index contributed by atoms with van der Waals surface area (Å²) in [5.74, 6) is -0.589. The Morgan fingerprint density at radius 3 is 2.47 bits per heavy atom. The van der Waals surface area contributed by atoms with Gasteiger partial charge >= 0.3 is 5.97 Å². The van der Waals surface area contributed by atoms with Crippen LogP contribution in [0, 0.1) is 0 Å². The highest BCUT2D eigenvalue weighted by Gasteiger charge is 2.18. The Labute approximate surface area is 112 Å². The van der Waals surface area contributed by atoms with Gasteiger partial charge in [0.25, 0.3) is 9.05 Å². The van der Waals surface area contributed by atoms with Gasteiger partial charge in [-0.25, -0.2) is 13.2 Å². The maximum absolute atomic E-state index is 11.6. The molecular formula is C10H10BrClO4S. The molecule has 0 amide bonds. The van der Waals surface area contributed by atoms with Crippen LogP contribution in [-0.2, 0) is 13.8 Å². The van der Waals surface area contributed by atoms with Crippen molar-refractivity contribution in [1.29, 1.82) is 0 Å². The molecule has 0 spiro atoms. The maximum atomic E-state index is 11.6. The van der Waals surface area contributed by atoms with Gasteiger partial charge in [0.2, 0.25) is 0 Å². The normalized spacial score (nSPS) is 11.6. The van der Waals surface area contributed by atoms with Crippen LogP contribution in [0.4, 0.5) is 0 Å². The molecule has 0 aliphatic carbocycles. The molecular weight excluding hydrogens is 332 g/mol. The molecule has 0 N–H and O–H groups in total. The third-order valence-corrected chi connectivity index (χ3v) is 4.09. The number of hydrogen-bond donors (Lipinski definition) is 0. The summed E-state index contributed by atoms with van der Waals surface area (Å²) in [7, 11) is 1.34. The molecule has 0 heterocycles. The molecule has 0 aliphatic rings. The second-order valence-electron chi connectivity index (χ2n) is 3.54. The summed E-state index contributed by atoms with van der Waals surface area (Å²) < 4.78 is 27.7. The van der Waals surface area contributed by atoms with Gasteiger partial charge in [0, 0.05) is 15.2 Å². The lowest BCUT2D eigenvalue weighted by Gasteiger charge is -2.09. The van der Waals surface area contributed by atoms with Gasteiger partial charge in [-0.05, 0) is 48.0 Å². The molecule has 0 radical (unpaired) electrons. The average molecular weight is 342 g/mol. The first kappa shape index (κ1) is 14.5. The highest BCUT2D eigenvalue weighted by molar-refractivity contribution is 9.10. The Kier molecular flexibility index (Phi) is 4.57. The molecule has 17 heavy (non-hydrogen) atoms. The monoisotopic (exact) mass is 340 g/mol. The SMILES string of the molecule is CC(C)OC(=O)c1ccc(Br)c(S(=O)(=O)Cl)c1. The van der Waals surface area contributed by atoms with Gasteiger partial charge in [-0.1, -0.05) is 0 Å². The van der Waals surface area contributed by atoms with E-state index < -0.39 is 15.0 Å². The van der Waals surface area contributed by atoms with Crippen LogP contribution in [0.5, 0.6) is 0 Å². The molecule has 7 heteroatoms. The quantitative estimate of drug-likeness (QED) is 0.626. The molecule has 0 aliphatic heterocycles. The zero-order valence-electron chi connectivity index (χ0n) is 9.11. The second-order valence-corrected chi connectivity index (χ2v) is 6.93. The largest absolute Gasteiger partial charge is 0.459 e. The minimum absolute atomic E-state index is 0.140. The molecule has 4 nitrogen and oxygen atoms in total. The van der Waals surface area contributed by atoms with Crippen molar-refractivity contribution >= 4 is 41.6 Å². The first-order chi connectivity index (χ1) is 7.71. The van der Waals surface area contributed by atoms with Crippen molar-refractivity contribution in [3.63, 3.8) is 0 Å². The standard InChI is InChI=1S/C10H10BrClO4S/c1-6(2)16-10(13)7-3-4-8(11)9(5-7)17(12,14)15/h3-6H,1-2H3. The van der Waals surface area contributed by atoms with E-state index in [0.29, 0.717) is 4.47 Å². The number of benzene rings is 1. The van der Waals surface area contributed by atoms with Crippen LogP contribution in [0.3, 0.4) is 0 Å². The lowest BCUT2D eigenvalue weighted by atomic mass is 10.2. The number of carbonyl (C=O) groups excluding carboxylic acids is 1. The molecule has 0 bridgehead atoms. The fourth-order valence-corrected chi connectivity index (χ4v) is 3.22. The molecule has 1 rings (SSSR count). The highest BCUT2D eigenvalue weighted by Crippen LogP contribution is 2.26. The van der Waals surface area contributed by atoms with E-state index in [-0.39, 0.29) is 16.6 Å². The molecule has 0 unspecified atom stereocenters. The first-order valence-electron chi connectivity index (χ1n) is 4.67. The third kappa shape index (κ3) is 3.97. The Balaban J connectivity index is 3.18. The van der Waals surface area contributed by atoms with Gasteiger partial charge in [0.05, 0.1) is 16.6 Å². The van der Waals surface area contributed by atoms with Crippen LogP contribution in [0.25, 0.3) is 0 Å². The second kappa shape index (κ2) is 5.37. The summed E-state index contributed by atoms with van der Waals surface area (Å²) in [4.78, 5) is 11.4. The van der Waals surface area contributed by atoms with E-state index in [2.05, 4.69) is 15.9 Å². The van der Waals surface area contributed by atoms with Gasteiger partial charge in [-0.3, -0.25) is 0 Å². The fraction of sp³-hybridized carbons (Fsp3) is 0.300. The topological polar surface area (TPSA) is 60.4 Å². The van der Waals surface area contributed by atoms with Gasteiger partial charge in [-0.2, -0.15) is 0 Å². The third-order valence-electron chi connectivity index (χ3n) is 1.77. The Morgan fingerprint density at radius 2 is 2.00 bits per heavy atom. The van der Waals surface area contributed by atoms with Gasteiger partial charge in [0.1, 0.15) is 0 Å². The maximum Gasteiger partial charge on any atom is 0.338 e. The van der Waals surface area contributed by atoms with E-state index in [1.54, 1.807) is 13.8 Å². The van der Waals surface area contributed by atoms with Gasteiger partial charge < -0.3 is 4.74 Å². The fourth-order valence-electron chi connectivity index (χ4n) is 1.10. The van der Waals surface area contributed by atoms with Gasteiger partial charge in [-0.15, -0.1) is 0 Å². The van der Waals surface area contributed by atoms with Crippen molar-refractivity contribution in [3.8, 4) is 0 Å². The Hall–Kier alpha value is -0.590. The molecule has 1 aromatic rings. The van der Waals surface area contributed by atoms with Crippen molar-refractivity contribution < 1.29 is 17.9 Å². The van der Waals surface area contributed by atoms with E-state index in [1.807, 2.05) is 0 Å². The molecule has 0 fully saturated rings. The average Bonchev–Trinajstić information content (AvgIpc) is 2.15. The van der Waals surface area contributed by atoms with Crippen molar-refractivity contribution in [2.24, 2.45) is 0 Å². The number of ether oxygens (including phenoxy) is 1.